The fraction of sp³-hybridized carbons (Fsp3) is 0.343. The van der Waals surface area contributed by atoms with E-state index in [2.05, 4.69) is 0 Å². The molecule has 2 aliphatic carbocycles. The lowest BCUT2D eigenvalue weighted by atomic mass is 9.85. The molecule has 43 heavy (non-hydrogen) atoms. The zero-order valence-electron chi connectivity index (χ0n) is 23.9. The van der Waals surface area contributed by atoms with Crippen LogP contribution in [-0.2, 0) is 9.53 Å². The quantitative estimate of drug-likeness (QED) is 0.202. The highest BCUT2D eigenvalue weighted by molar-refractivity contribution is 5.76. The van der Waals surface area contributed by atoms with Gasteiger partial charge in [-0.15, -0.1) is 0 Å². The molecule has 3 atom stereocenters. The number of hydrogen-bond acceptors (Lipinski definition) is 4. The molecule has 2 N–H and O–H groups in total. The Balaban J connectivity index is 1.16. The molecule has 0 fully saturated rings. The summed E-state index contributed by atoms with van der Waals surface area (Å²) in [6.45, 7) is 1.86. The first kappa shape index (κ1) is 30.5. The fourth-order valence-electron chi connectivity index (χ4n) is 5.86. The number of carbonyl (C=O) groups is 1. The number of allylic oxidation sites excluding steroid dienone is 3. The van der Waals surface area contributed by atoms with Crippen LogP contribution in [0.15, 0.2) is 60.7 Å². The lowest BCUT2D eigenvalue weighted by Crippen LogP contribution is -2.26. The van der Waals surface area contributed by atoms with E-state index in [0.717, 1.165) is 17.2 Å². The molecule has 0 saturated carbocycles. The third kappa shape index (κ3) is 6.54. The number of phenols is 1. The normalized spacial score (nSPS) is 19.4. The van der Waals surface area contributed by atoms with Crippen molar-refractivity contribution in [1.82, 2.24) is 0 Å². The lowest BCUT2D eigenvalue weighted by Gasteiger charge is -2.26. The van der Waals surface area contributed by atoms with E-state index in [1.165, 1.54) is 18.2 Å². The first-order valence-electron chi connectivity index (χ1n) is 14.7. The Morgan fingerprint density at radius 1 is 0.814 bits per heavy atom. The number of halogens is 4. The van der Waals surface area contributed by atoms with Crippen molar-refractivity contribution >= 4 is 17.1 Å². The predicted molar refractivity (Wildman–Crippen MR) is 157 cm³/mol. The van der Waals surface area contributed by atoms with Crippen molar-refractivity contribution in [2.24, 2.45) is 5.92 Å². The molecule has 0 heterocycles. The topological polar surface area (TPSA) is 66.8 Å². The molecule has 226 valence electrons. The van der Waals surface area contributed by atoms with Gasteiger partial charge in [-0.05, 0) is 72.9 Å². The average molecular weight is 595 g/mol. The minimum atomic E-state index is -1.28. The summed E-state index contributed by atoms with van der Waals surface area (Å²) in [6, 6.07) is 12.5. The van der Waals surface area contributed by atoms with E-state index in [1.807, 2.05) is 25.1 Å². The Hall–Kier alpha value is -3.91. The number of aromatic hydroxyl groups is 1. The Labute approximate surface area is 248 Å². The molecule has 3 aromatic carbocycles. The molecule has 3 aromatic rings. The van der Waals surface area contributed by atoms with E-state index in [-0.39, 0.29) is 34.7 Å². The van der Waals surface area contributed by atoms with Gasteiger partial charge in [0.2, 0.25) is 5.82 Å². The molecule has 0 amide bonds. The van der Waals surface area contributed by atoms with Crippen LogP contribution in [0.5, 0.6) is 5.75 Å². The highest BCUT2D eigenvalue weighted by atomic mass is 19.2. The second kappa shape index (κ2) is 13.2. The van der Waals surface area contributed by atoms with Gasteiger partial charge in [-0.1, -0.05) is 61.9 Å². The lowest BCUT2D eigenvalue weighted by molar-refractivity contribution is -0.154. The Bertz CT molecular complexity index is 1560. The highest BCUT2D eigenvalue weighted by Gasteiger charge is 2.29. The first-order chi connectivity index (χ1) is 20.7. The van der Waals surface area contributed by atoms with Crippen molar-refractivity contribution in [3.63, 3.8) is 0 Å². The van der Waals surface area contributed by atoms with Gasteiger partial charge in [0.05, 0.1) is 12.0 Å². The first-order valence-corrected chi connectivity index (χ1v) is 14.7. The number of esters is 1. The monoisotopic (exact) mass is 594 g/mol. The molecule has 4 nitrogen and oxygen atoms in total. The number of hydrogen-bond donors (Lipinski definition) is 2. The zero-order valence-corrected chi connectivity index (χ0v) is 23.9. The summed E-state index contributed by atoms with van der Waals surface area (Å²) in [6.07, 6.45) is 6.62. The maximum Gasteiger partial charge on any atom is 0.309 e. The highest BCUT2D eigenvalue weighted by Crippen LogP contribution is 2.36. The van der Waals surface area contributed by atoms with Crippen LogP contribution in [-0.4, -0.2) is 22.3 Å². The summed E-state index contributed by atoms with van der Waals surface area (Å²) in [5.41, 5.74) is 3.33. The van der Waals surface area contributed by atoms with Gasteiger partial charge in [0, 0.05) is 23.1 Å². The molecule has 0 aromatic heterocycles. The van der Waals surface area contributed by atoms with Crippen molar-refractivity contribution in [2.45, 2.75) is 70.5 Å². The number of ether oxygens (including phenoxy) is 1. The molecule has 0 aliphatic heterocycles. The molecule has 8 heteroatoms. The number of rotatable bonds is 8. The Kier molecular flexibility index (Phi) is 9.35. The minimum absolute atomic E-state index is 0.0381. The van der Waals surface area contributed by atoms with Gasteiger partial charge >= 0.3 is 5.97 Å². The van der Waals surface area contributed by atoms with Gasteiger partial charge in [0.15, 0.2) is 23.2 Å². The van der Waals surface area contributed by atoms with Crippen molar-refractivity contribution in [1.29, 1.82) is 0 Å². The van der Waals surface area contributed by atoms with E-state index < -0.39 is 35.1 Å². The summed E-state index contributed by atoms with van der Waals surface area (Å²) in [5.74, 6) is -5.76. The van der Waals surface area contributed by atoms with Gasteiger partial charge in [-0.3, -0.25) is 4.79 Å². The summed E-state index contributed by atoms with van der Waals surface area (Å²) in [4.78, 5) is 12.9. The Morgan fingerprint density at radius 2 is 1.47 bits per heavy atom. The summed E-state index contributed by atoms with van der Waals surface area (Å²) >= 11 is 0. The molecule has 0 bridgehead atoms. The van der Waals surface area contributed by atoms with Crippen LogP contribution in [0, 0.1) is 29.2 Å². The molecule has 0 radical (unpaired) electrons. The van der Waals surface area contributed by atoms with Gasteiger partial charge in [-0.25, -0.2) is 13.2 Å². The van der Waals surface area contributed by atoms with Crippen LogP contribution >= 0.6 is 0 Å². The molecular formula is C35H34F4O4. The third-order valence-corrected chi connectivity index (χ3v) is 8.40. The van der Waals surface area contributed by atoms with E-state index >= 15 is 0 Å². The average Bonchev–Trinajstić information content (AvgIpc) is 3.02. The van der Waals surface area contributed by atoms with E-state index in [9.17, 15) is 32.6 Å². The van der Waals surface area contributed by atoms with Crippen molar-refractivity contribution in [2.75, 3.05) is 0 Å². The van der Waals surface area contributed by atoms with E-state index in [1.54, 1.807) is 18.2 Å². The molecular weight excluding hydrogens is 560 g/mol. The second-order valence-corrected chi connectivity index (χ2v) is 11.2. The van der Waals surface area contributed by atoms with E-state index in [0.29, 0.717) is 62.5 Å². The molecule has 2 aliphatic rings. The number of carbonyl (C=O) groups excluding carboxylic acids is 1. The van der Waals surface area contributed by atoms with Crippen LogP contribution in [0.25, 0.3) is 22.3 Å². The maximum absolute atomic E-state index is 14.8. The fourth-order valence-corrected chi connectivity index (χ4v) is 5.86. The van der Waals surface area contributed by atoms with Gasteiger partial charge in [0.25, 0.3) is 0 Å². The summed E-state index contributed by atoms with van der Waals surface area (Å²) in [7, 11) is 0. The largest absolute Gasteiger partial charge is 0.505 e. The molecule has 0 saturated heterocycles. The van der Waals surface area contributed by atoms with Crippen LogP contribution in [0.2, 0.25) is 0 Å². The summed E-state index contributed by atoms with van der Waals surface area (Å²) < 4.78 is 63.3. The second-order valence-electron chi connectivity index (χ2n) is 11.2. The number of phenolic OH excluding ortho intramolecular Hbond substituents is 1. The zero-order chi connectivity index (χ0) is 30.7. The van der Waals surface area contributed by atoms with Crippen molar-refractivity contribution in [3.05, 3.63) is 101 Å². The van der Waals surface area contributed by atoms with Crippen LogP contribution in [0.1, 0.15) is 81.1 Å². The number of aliphatic hydroxyl groups is 1. The SMILES string of the molecule is CCCC(O)c1ccc(C2=CCC(C(=O)OC3CC=C(c4ccc(-c5ccc(O)c(F)c5F)cc4)CC3)CC2)c(F)c1F. The van der Waals surface area contributed by atoms with Crippen LogP contribution in [0.3, 0.4) is 0 Å². The van der Waals surface area contributed by atoms with Gasteiger partial charge in [-0.2, -0.15) is 4.39 Å². The van der Waals surface area contributed by atoms with Crippen molar-refractivity contribution in [3.8, 4) is 16.9 Å². The van der Waals surface area contributed by atoms with Gasteiger partial charge < -0.3 is 14.9 Å². The minimum Gasteiger partial charge on any atom is -0.505 e. The Morgan fingerprint density at radius 3 is 2.12 bits per heavy atom. The standard InChI is InChI=1S/C35H34F4O4/c1-2-3-29(40)28-17-16-26(31(36)33(28)38)23-8-10-24(11-9-23)35(42)43-25-14-12-21(13-15-25)20-4-6-22(7-5-20)27-18-19-30(41)34(39)32(27)37/h4-8,12,16-19,24-25,29,40-41H,2-3,9-11,13-15H2,1H3. The molecule has 5 rings (SSSR count). The maximum atomic E-state index is 14.8. The van der Waals surface area contributed by atoms with E-state index in [4.69, 9.17) is 4.74 Å². The number of benzene rings is 3. The van der Waals surface area contributed by atoms with Crippen LogP contribution < -0.4 is 0 Å². The van der Waals surface area contributed by atoms with Gasteiger partial charge in [0.1, 0.15) is 6.10 Å². The molecule has 3 unspecified atom stereocenters. The number of aliphatic hydroxyl groups excluding tert-OH is 1. The van der Waals surface area contributed by atoms with Crippen molar-refractivity contribution < 1.29 is 37.3 Å². The van der Waals surface area contributed by atoms with Crippen LogP contribution in [0.4, 0.5) is 17.6 Å². The molecule has 0 spiro atoms. The summed E-state index contributed by atoms with van der Waals surface area (Å²) in [5, 5.41) is 19.5. The third-order valence-electron chi connectivity index (χ3n) is 8.40. The predicted octanol–water partition coefficient (Wildman–Crippen LogP) is 8.81. The smallest absolute Gasteiger partial charge is 0.309 e.